The number of methoxy groups -OCH3 is 1. The summed E-state index contributed by atoms with van der Waals surface area (Å²) in [7, 11) is 1.65. The van der Waals surface area contributed by atoms with Crippen LogP contribution in [0.3, 0.4) is 0 Å². The van der Waals surface area contributed by atoms with Crippen molar-refractivity contribution in [3.63, 3.8) is 0 Å². The van der Waals surface area contributed by atoms with Gasteiger partial charge < -0.3 is 9.47 Å². The van der Waals surface area contributed by atoms with Crippen LogP contribution >= 0.6 is 11.6 Å². The third-order valence-corrected chi connectivity index (χ3v) is 5.60. The molecule has 0 N–H and O–H groups in total. The molecule has 1 heterocycles. The average molecular weight is 395 g/mol. The van der Waals surface area contributed by atoms with Crippen molar-refractivity contribution < 1.29 is 14.3 Å². The molecule has 1 aliphatic heterocycles. The Labute approximate surface area is 170 Å². The van der Waals surface area contributed by atoms with Crippen molar-refractivity contribution in [2.24, 2.45) is 5.41 Å². The lowest BCUT2D eigenvalue weighted by Crippen LogP contribution is -2.30. The number of ether oxygens (including phenoxy) is 2. The predicted octanol–water partition coefficient (Wildman–Crippen LogP) is 6.15. The van der Waals surface area contributed by atoms with Crippen molar-refractivity contribution in [2.45, 2.75) is 32.6 Å². The summed E-state index contributed by atoms with van der Waals surface area (Å²) in [5, 5.41) is 0.681. The Kier molecular flexibility index (Phi) is 4.80. The summed E-state index contributed by atoms with van der Waals surface area (Å²) in [6.07, 6.45) is 3.32. The summed E-state index contributed by atoms with van der Waals surface area (Å²) < 4.78 is 11.6. The molecule has 0 amide bonds. The molecule has 0 fully saturated rings. The van der Waals surface area contributed by atoms with E-state index in [0.717, 1.165) is 40.4 Å². The highest BCUT2D eigenvalue weighted by Crippen LogP contribution is 2.47. The first kappa shape index (κ1) is 18.8. The van der Waals surface area contributed by atoms with Gasteiger partial charge in [-0.25, -0.2) is 0 Å². The van der Waals surface area contributed by atoms with Gasteiger partial charge in [0, 0.05) is 34.9 Å². The smallest absolute Gasteiger partial charge is 0.163 e. The van der Waals surface area contributed by atoms with Crippen LogP contribution in [0.25, 0.3) is 5.76 Å². The quantitative estimate of drug-likeness (QED) is 0.626. The molecule has 0 aromatic heterocycles. The Bertz CT molecular complexity index is 966. The minimum Gasteiger partial charge on any atom is -0.497 e. The maximum absolute atomic E-state index is 13.0. The first-order valence-electron chi connectivity index (χ1n) is 9.42. The van der Waals surface area contributed by atoms with Gasteiger partial charge >= 0.3 is 0 Å². The second-order valence-electron chi connectivity index (χ2n) is 8.17. The zero-order valence-corrected chi connectivity index (χ0v) is 17.0. The van der Waals surface area contributed by atoms with Crippen molar-refractivity contribution >= 4 is 23.1 Å². The van der Waals surface area contributed by atoms with E-state index >= 15 is 0 Å². The van der Waals surface area contributed by atoms with Crippen LogP contribution in [0.2, 0.25) is 5.02 Å². The fraction of sp³-hybridized carbons (Fsp3) is 0.292. The van der Waals surface area contributed by atoms with Crippen molar-refractivity contribution in [1.29, 1.82) is 0 Å². The lowest BCUT2D eigenvalue weighted by atomic mass is 9.71. The number of Topliss-reactive ketones (excluding diaryl/α,β-unsaturated/α-hetero) is 1. The van der Waals surface area contributed by atoms with Crippen LogP contribution in [-0.2, 0) is 9.53 Å². The number of carbonyl (C=O) groups is 1. The van der Waals surface area contributed by atoms with Crippen molar-refractivity contribution in [3.8, 4) is 5.75 Å². The minimum absolute atomic E-state index is 0.108. The maximum atomic E-state index is 13.0. The summed E-state index contributed by atoms with van der Waals surface area (Å²) >= 11 is 6.04. The number of hydrogen-bond donors (Lipinski definition) is 0. The summed E-state index contributed by atoms with van der Waals surface area (Å²) in [5.41, 5.74) is 2.67. The zero-order valence-electron chi connectivity index (χ0n) is 16.3. The van der Waals surface area contributed by atoms with Crippen LogP contribution in [-0.4, -0.2) is 12.9 Å². The highest BCUT2D eigenvalue weighted by molar-refractivity contribution is 6.30. The van der Waals surface area contributed by atoms with Gasteiger partial charge in [-0.1, -0.05) is 37.6 Å². The molecular weight excluding hydrogens is 372 g/mol. The van der Waals surface area contributed by atoms with E-state index in [2.05, 4.69) is 13.8 Å². The van der Waals surface area contributed by atoms with Crippen LogP contribution < -0.4 is 4.74 Å². The van der Waals surface area contributed by atoms with Gasteiger partial charge in [-0.15, -0.1) is 0 Å². The highest BCUT2D eigenvalue weighted by Gasteiger charge is 2.40. The number of carbonyl (C=O) groups excluding carboxylic acids is 1. The number of allylic oxidation sites excluding steroid dienone is 3. The van der Waals surface area contributed by atoms with Crippen LogP contribution in [0.5, 0.6) is 5.75 Å². The fourth-order valence-corrected chi connectivity index (χ4v) is 4.09. The van der Waals surface area contributed by atoms with E-state index in [-0.39, 0.29) is 17.1 Å². The number of benzene rings is 2. The van der Waals surface area contributed by atoms with Gasteiger partial charge in [-0.05, 0) is 53.5 Å². The third kappa shape index (κ3) is 3.59. The Balaban J connectivity index is 1.81. The molecule has 3 nitrogen and oxygen atoms in total. The SMILES string of the molecule is COc1ccc(C2C=C(c3ccc(Cl)cc3)OC3=C2C(=O)CC(C)(C)C3)cc1. The molecule has 28 heavy (non-hydrogen) atoms. The number of halogens is 1. The standard InChI is InChI=1S/C24H23ClO3/c1-24(2)13-20(26)23-19(15-6-10-18(27-3)11-7-15)12-21(28-22(23)14-24)16-4-8-17(25)9-5-16/h4-12,19H,13-14H2,1-3H3. The molecule has 0 saturated heterocycles. The number of ketones is 1. The van der Waals surface area contributed by atoms with Gasteiger partial charge in [0.25, 0.3) is 0 Å². The van der Waals surface area contributed by atoms with Crippen molar-refractivity contribution in [3.05, 3.63) is 82.1 Å². The lowest BCUT2D eigenvalue weighted by Gasteiger charge is -2.37. The number of hydrogen-bond acceptors (Lipinski definition) is 3. The molecule has 4 heteroatoms. The Morgan fingerprint density at radius 3 is 2.36 bits per heavy atom. The molecule has 0 bridgehead atoms. The van der Waals surface area contributed by atoms with Gasteiger partial charge in [0.15, 0.2) is 5.78 Å². The molecule has 1 unspecified atom stereocenters. The first-order chi connectivity index (χ1) is 13.4. The van der Waals surface area contributed by atoms with E-state index in [9.17, 15) is 4.79 Å². The molecule has 1 atom stereocenters. The largest absolute Gasteiger partial charge is 0.497 e. The predicted molar refractivity (Wildman–Crippen MR) is 111 cm³/mol. The highest BCUT2D eigenvalue weighted by atomic mass is 35.5. The van der Waals surface area contributed by atoms with E-state index in [1.165, 1.54) is 0 Å². The molecule has 1 aliphatic carbocycles. The molecule has 4 rings (SSSR count). The van der Waals surface area contributed by atoms with E-state index in [4.69, 9.17) is 21.1 Å². The molecule has 0 radical (unpaired) electrons. The monoisotopic (exact) mass is 394 g/mol. The number of rotatable bonds is 3. The Hall–Kier alpha value is -2.52. The minimum atomic E-state index is -0.135. The van der Waals surface area contributed by atoms with E-state index < -0.39 is 0 Å². The van der Waals surface area contributed by atoms with E-state index in [0.29, 0.717) is 11.4 Å². The van der Waals surface area contributed by atoms with E-state index in [1.54, 1.807) is 7.11 Å². The summed E-state index contributed by atoms with van der Waals surface area (Å²) in [4.78, 5) is 13.0. The molecule has 0 saturated carbocycles. The summed E-state index contributed by atoms with van der Waals surface area (Å²) in [6, 6.07) is 15.5. The van der Waals surface area contributed by atoms with Crippen molar-refractivity contribution in [1.82, 2.24) is 0 Å². The van der Waals surface area contributed by atoms with Crippen LogP contribution in [0.15, 0.2) is 65.9 Å². The van der Waals surface area contributed by atoms with Gasteiger partial charge in [0.05, 0.1) is 7.11 Å². The lowest BCUT2D eigenvalue weighted by molar-refractivity contribution is -0.118. The van der Waals surface area contributed by atoms with Gasteiger partial charge in [-0.2, -0.15) is 0 Å². The van der Waals surface area contributed by atoms with Crippen molar-refractivity contribution in [2.75, 3.05) is 7.11 Å². The van der Waals surface area contributed by atoms with Gasteiger partial charge in [0.1, 0.15) is 17.3 Å². The molecule has 144 valence electrons. The zero-order chi connectivity index (χ0) is 19.9. The van der Waals surface area contributed by atoms with Gasteiger partial charge in [0.2, 0.25) is 0 Å². The summed E-state index contributed by atoms with van der Waals surface area (Å²) in [5.74, 6) is 2.38. The Morgan fingerprint density at radius 1 is 1.04 bits per heavy atom. The van der Waals surface area contributed by atoms with Crippen LogP contribution in [0, 0.1) is 5.41 Å². The molecular formula is C24H23ClO3. The molecule has 2 aromatic rings. The van der Waals surface area contributed by atoms with Crippen LogP contribution in [0.1, 0.15) is 43.7 Å². The first-order valence-corrected chi connectivity index (χ1v) is 9.80. The average Bonchev–Trinajstić information content (AvgIpc) is 2.66. The molecule has 2 aromatic carbocycles. The second kappa shape index (κ2) is 7.14. The molecule has 0 spiro atoms. The van der Waals surface area contributed by atoms with Gasteiger partial charge in [-0.3, -0.25) is 4.79 Å². The van der Waals surface area contributed by atoms with Crippen LogP contribution in [0.4, 0.5) is 0 Å². The maximum Gasteiger partial charge on any atom is 0.163 e. The topological polar surface area (TPSA) is 35.5 Å². The normalized spacial score (nSPS) is 20.9. The second-order valence-corrected chi connectivity index (χ2v) is 8.60. The fourth-order valence-electron chi connectivity index (χ4n) is 3.96. The molecule has 2 aliphatic rings. The summed E-state index contributed by atoms with van der Waals surface area (Å²) in [6.45, 7) is 4.22. The van der Waals surface area contributed by atoms with E-state index in [1.807, 2.05) is 54.6 Å². The third-order valence-electron chi connectivity index (χ3n) is 5.34. The Morgan fingerprint density at radius 2 is 1.71 bits per heavy atom.